The molecular weight excluding hydrogens is 270 g/mol. The molecule has 0 bridgehead atoms. The molecule has 0 heterocycles. The van der Waals surface area contributed by atoms with Crippen LogP contribution in [0.15, 0.2) is 53.4 Å². The molecular formula is C16H17NO2S. The second-order valence-corrected chi connectivity index (χ2v) is 5.26. The van der Waals surface area contributed by atoms with Gasteiger partial charge in [-0.25, -0.2) is 0 Å². The number of hydrogen-bond donors (Lipinski definition) is 1. The van der Waals surface area contributed by atoms with Crippen LogP contribution < -0.4 is 10.1 Å². The number of hydrogen-bond acceptors (Lipinski definition) is 3. The fourth-order valence-corrected chi connectivity index (χ4v) is 2.13. The molecule has 0 spiro atoms. The third-order valence-electron chi connectivity index (χ3n) is 2.73. The van der Waals surface area contributed by atoms with Crippen LogP contribution in [-0.2, 0) is 4.79 Å². The van der Waals surface area contributed by atoms with Crippen molar-refractivity contribution in [3.05, 3.63) is 54.1 Å². The molecule has 1 N–H and O–H groups in total. The largest absolute Gasteiger partial charge is 0.484 e. The molecule has 2 rings (SSSR count). The zero-order chi connectivity index (χ0) is 14.4. The van der Waals surface area contributed by atoms with Crippen LogP contribution in [0.2, 0.25) is 0 Å². The number of ether oxygens (including phenoxy) is 1. The first-order valence-electron chi connectivity index (χ1n) is 6.31. The van der Waals surface area contributed by atoms with Gasteiger partial charge in [0.25, 0.3) is 5.91 Å². The van der Waals surface area contributed by atoms with Crippen molar-refractivity contribution in [2.45, 2.75) is 11.8 Å². The highest BCUT2D eigenvalue weighted by Gasteiger charge is 2.04. The van der Waals surface area contributed by atoms with Crippen molar-refractivity contribution in [2.75, 3.05) is 18.2 Å². The number of aryl methyl sites for hydroxylation is 1. The van der Waals surface area contributed by atoms with Gasteiger partial charge in [0.15, 0.2) is 6.61 Å². The predicted octanol–water partition coefficient (Wildman–Crippen LogP) is 3.73. The lowest BCUT2D eigenvalue weighted by Gasteiger charge is -2.08. The van der Waals surface area contributed by atoms with Crippen LogP contribution in [-0.4, -0.2) is 18.8 Å². The third kappa shape index (κ3) is 4.31. The molecule has 0 aliphatic rings. The van der Waals surface area contributed by atoms with Gasteiger partial charge in [-0.15, -0.1) is 11.8 Å². The van der Waals surface area contributed by atoms with Gasteiger partial charge in [0, 0.05) is 10.6 Å². The molecule has 0 aliphatic heterocycles. The number of carbonyl (C=O) groups is 1. The van der Waals surface area contributed by atoms with E-state index >= 15 is 0 Å². The Morgan fingerprint density at radius 1 is 1.20 bits per heavy atom. The fraction of sp³-hybridized carbons (Fsp3) is 0.188. The predicted molar refractivity (Wildman–Crippen MR) is 83.5 cm³/mol. The Labute approximate surface area is 123 Å². The maximum atomic E-state index is 11.8. The molecule has 2 aromatic rings. The topological polar surface area (TPSA) is 38.3 Å². The van der Waals surface area contributed by atoms with Gasteiger partial charge in [0.05, 0.1) is 0 Å². The van der Waals surface area contributed by atoms with E-state index in [1.54, 1.807) is 11.8 Å². The maximum absolute atomic E-state index is 11.8. The summed E-state index contributed by atoms with van der Waals surface area (Å²) in [5, 5.41) is 2.80. The van der Waals surface area contributed by atoms with E-state index in [0.717, 1.165) is 11.3 Å². The van der Waals surface area contributed by atoms with Crippen LogP contribution in [0.25, 0.3) is 0 Å². The average molecular weight is 287 g/mol. The van der Waals surface area contributed by atoms with Crippen molar-refractivity contribution in [3.63, 3.8) is 0 Å². The molecule has 104 valence electrons. The van der Waals surface area contributed by atoms with E-state index < -0.39 is 0 Å². The van der Waals surface area contributed by atoms with Gasteiger partial charge in [-0.2, -0.15) is 0 Å². The molecule has 3 nitrogen and oxygen atoms in total. The second kappa shape index (κ2) is 7.01. The van der Waals surface area contributed by atoms with Crippen LogP contribution >= 0.6 is 11.8 Å². The molecule has 4 heteroatoms. The van der Waals surface area contributed by atoms with Crippen molar-refractivity contribution in [2.24, 2.45) is 0 Å². The molecule has 0 saturated carbocycles. The van der Waals surface area contributed by atoms with Crippen LogP contribution in [0.5, 0.6) is 5.75 Å². The summed E-state index contributed by atoms with van der Waals surface area (Å²) in [6.07, 6.45) is 2.02. The van der Waals surface area contributed by atoms with Crippen molar-refractivity contribution in [1.82, 2.24) is 0 Å². The second-order valence-electron chi connectivity index (χ2n) is 4.38. The van der Waals surface area contributed by atoms with Gasteiger partial charge in [0.2, 0.25) is 0 Å². The third-order valence-corrected chi connectivity index (χ3v) is 3.48. The van der Waals surface area contributed by atoms with Gasteiger partial charge >= 0.3 is 0 Å². The summed E-state index contributed by atoms with van der Waals surface area (Å²) in [4.78, 5) is 12.9. The highest BCUT2D eigenvalue weighted by Crippen LogP contribution is 2.17. The zero-order valence-electron chi connectivity index (χ0n) is 11.6. The minimum atomic E-state index is -0.164. The molecule has 1 amide bonds. The number of anilines is 1. The number of carbonyl (C=O) groups excluding carboxylic acids is 1. The van der Waals surface area contributed by atoms with E-state index in [4.69, 9.17) is 4.74 Å². The lowest BCUT2D eigenvalue weighted by atomic mass is 10.2. The Kier molecular flexibility index (Phi) is 5.07. The number of nitrogens with one attached hydrogen (secondary N) is 1. The van der Waals surface area contributed by atoms with Crippen LogP contribution in [0.3, 0.4) is 0 Å². The molecule has 0 aliphatic carbocycles. The minimum Gasteiger partial charge on any atom is -0.484 e. The molecule has 0 aromatic heterocycles. The SMILES string of the molecule is CSc1ccc(NC(=O)COc2cccc(C)c2)cc1. The van der Waals surface area contributed by atoms with E-state index in [1.807, 2.05) is 61.7 Å². The summed E-state index contributed by atoms with van der Waals surface area (Å²) in [6.45, 7) is 1.99. The molecule has 0 radical (unpaired) electrons. The normalized spacial score (nSPS) is 10.1. The Hall–Kier alpha value is -1.94. The summed E-state index contributed by atoms with van der Waals surface area (Å²) < 4.78 is 5.45. The molecule has 0 saturated heterocycles. The van der Waals surface area contributed by atoms with Crippen molar-refractivity contribution < 1.29 is 9.53 Å². The molecule has 20 heavy (non-hydrogen) atoms. The summed E-state index contributed by atoms with van der Waals surface area (Å²) >= 11 is 1.67. The summed E-state index contributed by atoms with van der Waals surface area (Å²) in [5.74, 6) is 0.543. The van der Waals surface area contributed by atoms with Crippen LogP contribution in [0.1, 0.15) is 5.56 Å². The minimum absolute atomic E-state index is 0.00767. The van der Waals surface area contributed by atoms with Crippen LogP contribution in [0, 0.1) is 6.92 Å². The first-order valence-corrected chi connectivity index (χ1v) is 7.53. The molecule has 0 atom stereocenters. The van der Waals surface area contributed by atoms with Crippen LogP contribution in [0.4, 0.5) is 5.69 Å². The molecule has 0 unspecified atom stereocenters. The number of benzene rings is 2. The van der Waals surface area contributed by atoms with Gasteiger partial charge < -0.3 is 10.1 Å². The van der Waals surface area contributed by atoms with E-state index in [2.05, 4.69) is 5.32 Å². The van der Waals surface area contributed by atoms with Gasteiger partial charge in [-0.3, -0.25) is 4.79 Å². The Balaban J connectivity index is 1.85. The van der Waals surface area contributed by atoms with Gasteiger partial charge in [0.1, 0.15) is 5.75 Å². The lowest BCUT2D eigenvalue weighted by molar-refractivity contribution is -0.118. The fourth-order valence-electron chi connectivity index (χ4n) is 1.73. The summed E-state index contributed by atoms with van der Waals surface area (Å²) in [6, 6.07) is 15.4. The van der Waals surface area contributed by atoms with E-state index in [0.29, 0.717) is 5.75 Å². The lowest BCUT2D eigenvalue weighted by Crippen LogP contribution is -2.20. The standard InChI is InChI=1S/C16H17NO2S/c1-12-4-3-5-14(10-12)19-11-16(18)17-13-6-8-15(20-2)9-7-13/h3-10H,11H2,1-2H3,(H,17,18). The first-order chi connectivity index (χ1) is 9.67. The maximum Gasteiger partial charge on any atom is 0.262 e. The Morgan fingerprint density at radius 3 is 2.60 bits per heavy atom. The van der Waals surface area contributed by atoms with E-state index in [-0.39, 0.29) is 12.5 Å². The monoisotopic (exact) mass is 287 g/mol. The average Bonchev–Trinajstić information content (AvgIpc) is 2.46. The smallest absolute Gasteiger partial charge is 0.262 e. The summed E-state index contributed by atoms with van der Waals surface area (Å²) in [7, 11) is 0. The Bertz CT molecular complexity index is 581. The van der Waals surface area contributed by atoms with Gasteiger partial charge in [-0.05, 0) is 55.1 Å². The Morgan fingerprint density at radius 2 is 1.95 bits per heavy atom. The van der Waals surface area contributed by atoms with Crippen molar-refractivity contribution >= 4 is 23.4 Å². The molecule has 2 aromatic carbocycles. The molecule has 0 fully saturated rings. The highest BCUT2D eigenvalue weighted by atomic mass is 32.2. The van der Waals surface area contributed by atoms with Gasteiger partial charge in [-0.1, -0.05) is 12.1 Å². The van der Waals surface area contributed by atoms with E-state index in [1.165, 1.54) is 4.90 Å². The van der Waals surface area contributed by atoms with Crippen molar-refractivity contribution in [1.29, 1.82) is 0 Å². The zero-order valence-corrected chi connectivity index (χ0v) is 12.4. The first kappa shape index (κ1) is 14.5. The van der Waals surface area contributed by atoms with E-state index in [9.17, 15) is 4.79 Å². The summed E-state index contributed by atoms with van der Waals surface area (Å²) in [5.41, 5.74) is 1.89. The quantitative estimate of drug-likeness (QED) is 0.851. The highest BCUT2D eigenvalue weighted by molar-refractivity contribution is 7.98. The van der Waals surface area contributed by atoms with Crippen molar-refractivity contribution in [3.8, 4) is 5.75 Å². The number of rotatable bonds is 5. The number of amides is 1. The number of thioether (sulfide) groups is 1.